The normalized spacial score (nSPS) is 12.1. The summed E-state index contributed by atoms with van der Waals surface area (Å²) in [6, 6.07) is 4.86. The number of nitro groups is 1. The Morgan fingerprint density at radius 1 is 1.40 bits per heavy atom. The molecule has 20 heavy (non-hydrogen) atoms. The zero-order valence-electron chi connectivity index (χ0n) is 10.9. The van der Waals surface area contributed by atoms with E-state index in [1.807, 2.05) is 0 Å². The number of nitro benzene ring substituents is 1. The molecule has 0 amide bonds. The van der Waals surface area contributed by atoms with Crippen LogP contribution in [-0.2, 0) is 14.8 Å². The van der Waals surface area contributed by atoms with E-state index in [4.69, 9.17) is 5.11 Å². The van der Waals surface area contributed by atoms with Crippen molar-refractivity contribution in [2.24, 2.45) is 0 Å². The first-order valence-corrected chi connectivity index (χ1v) is 7.03. The summed E-state index contributed by atoms with van der Waals surface area (Å²) >= 11 is 0. The van der Waals surface area contributed by atoms with Gasteiger partial charge in [-0.1, -0.05) is 12.1 Å². The maximum Gasteiger partial charge on any atom is 0.305 e. The molecule has 0 aliphatic heterocycles. The third kappa shape index (κ3) is 4.00. The van der Waals surface area contributed by atoms with Crippen LogP contribution in [0.2, 0.25) is 0 Å². The van der Waals surface area contributed by atoms with Gasteiger partial charge in [0.2, 0.25) is 10.0 Å². The second kappa shape index (κ2) is 5.55. The van der Waals surface area contributed by atoms with Gasteiger partial charge in [-0.15, -0.1) is 0 Å². The first-order valence-electron chi connectivity index (χ1n) is 5.54. The van der Waals surface area contributed by atoms with E-state index in [0.717, 1.165) is 12.1 Å². The van der Waals surface area contributed by atoms with Crippen LogP contribution in [0.4, 0.5) is 5.69 Å². The van der Waals surface area contributed by atoms with Gasteiger partial charge in [0.1, 0.15) is 0 Å². The number of rotatable bonds is 6. The van der Waals surface area contributed by atoms with Gasteiger partial charge in [-0.25, -0.2) is 13.1 Å². The molecule has 0 aliphatic carbocycles. The van der Waals surface area contributed by atoms with Crippen LogP contribution in [0.25, 0.3) is 0 Å². The van der Waals surface area contributed by atoms with Crippen LogP contribution in [0, 0.1) is 10.1 Å². The van der Waals surface area contributed by atoms with Crippen LogP contribution in [0.3, 0.4) is 0 Å². The average Bonchev–Trinajstić information content (AvgIpc) is 2.25. The zero-order valence-corrected chi connectivity index (χ0v) is 11.7. The topological polar surface area (TPSA) is 127 Å². The molecule has 0 spiro atoms. The van der Waals surface area contributed by atoms with E-state index in [-0.39, 0.29) is 0 Å². The van der Waals surface area contributed by atoms with Gasteiger partial charge < -0.3 is 5.11 Å². The highest BCUT2D eigenvalue weighted by Gasteiger charge is 2.32. The van der Waals surface area contributed by atoms with Gasteiger partial charge in [-0.3, -0.25) is 14.9 Å². The van der Waals surface area contributed by atoms with Crippen molar-refractivity contribution >= 4 is 21.7 Å². The quantitative estimate of drug-likeness (QED) is 0.599. The second-order valence-electron chi connectivity index (χ2n) is 4.78. The number of carbonyl (C=O) groups is 1. The number of carboxylic acids is 1. The fourth-order valence-corrected chi connectivity index (χ4v) is 3.25. The Morgan fingerprint density at radius 2 is 1.95 bits per heavy atom. The summed E-state index contributed by atoms with van der Waals surface area (Å²) in [7, 11) is -4.19. The third-order valence-electron chi connectivity index (χ3n) is 2.36. The lowest BCUT2D eigenvalue weighted by Crippen LogP contribution is -2.44. The first-order chi connectivity index (χ1) is 9.05. The molecule has 0 radical (unpaired) electrons. The molecule has 0 aliphatic rings. The molecule has 9 heteroatoms. The number of carboxylic acid groups (broad SMARTS) is 1. The maximum absolute atomic E-state index is 12.1. The molecular weight excluding hydrogens is 288 g/mol. The highest BCUT2D eigenvalue weighted by molar-refractivity contribution is 7.89. The SMILES string of the molecule is CC(C)(CC(=O)O)NS(=O)(=O)c1ccccc1[N+](=O)[O-]. The van der Waals surface area contributed by atoms with Crippen molar-refractivity contribution in [2.45, 2.75) is 30.7 Å². The smallest absolute Gasteiger partial charge is 0.305 e. The Hall–Kier alpha value is -2.00. The van der Waals surface area contributed by atoms with Crippen molar-refractivity contribution in [2.75, 3.05) is 0 Å². The predicted octanol–water partition coefficient (Wildman–Crippen LogP) is 1.13. The Morgan fingerprint density at radius 3 is 2.45 bits per heavy atom. The molecule has 1 aromatic carbocycles. The summed E-state index contributed by atoms with van der Waals surface area (Å²) in [5, 5.41) is 19.5. The predicted molar refractivity (Wildman–Crippen MR) is 69.7 cm³/mol. The van der Waals surface area contributed by atoms with Crippen molar-refractivity contribution < 1.29 is 23.2 Å². The molecule has 1 aromatic rings. The van der Waals surface area contributed by atoms with Gasteiger partial charge in [0.15, 0.2) is 4.90 Å². The molecule has 0 atom stereocenters. The number of sulfonamides is 1. The van der Waals surface area contributed by atoms with Crippen LogP contribution in [0.5, 0.6) is 0 Å². The second-order valence-corrected chi connectivity index (χ2v) is 6.44. The lowest BCUT2D eigenvalue weighted by atomic mass is 10.0. The minimum atomic E-state index is -4.19. The number of nitrogens with zero attached hydrogens (tertiary/aromatic N) is 1. The maximum atomic E-state index is 12.1. The van der Waals surface area contributed by atoms with E-state index in [1.54, 1.807) is 0 Å². The zero-order chi connectivity index (χ0) is 15.6. The number of para-hydroxylation sites is 1. The number of aliphatic carboxylic acids is 1. The molecule has 0 aromatic heterocycles. The number of hydrogen-bond acceptors (Lipinski definition) is 5. The molecule has 0 saturated heterocycles. The Kier molecular flexibility index (Phi) is 4.46. The van der Waals surface area contributed by atoms with Gasteiger partial charge in [-0.05, 0) is 19.9 Å². The van der Waals surface area contributed by atoms with E-state index >= 15 is 0 Å². The molecule has 8 nitrogen and oxygen atoms in total. The Labute approximate surface area is 115 Å². The highest BCUT2D eigenvalue weighted by atomic mass is 32.2. The monoisotopic (exact) mass is 302 g/mol. The number of benzene rings is 1. The summed E-state index contributed by atoms with van der Waals surface area (Å²) in [4.78, 5) is 20.2. The summed E-state index contributed by atoms with van der Waals surface area (Å²) in [6.07, 6.45) is -0.452. The van der Waals surface area contributed by atoms with E-state index in [0.29, 0.717) is 0 Å². The van der Waals surface area contributed by atoms with Gasteiger partial charge in [0.25, 0.3) is 5.69 Å². The van der Waals surface area contributed by atoms with Crippen molar-refractivity contribution in [3.63, 3.8) is 0 Å². The fourth-order valence-electron chi connectivity index (χ4n) is 1.67. The fraction of sp³-hybridized carbons (Fsp3) is 0.364. The van der Waals surface area contributed by atoms with Crippen LogP contribution in [-0.4, -0.2) is 30.0 Å². The van der Waals surface area contributed by atoms with Crippen LogP contribution < -0.4 is 4.72 Å². The molecule has 0 unspecified atom stereocenters. The third-order valence-corrected chi connectivity index (χ3v) is 4.10. The Balaban J connectivity index is 3.19. The minimum absolute atomic E-state index is 0.452. The number of hydrogen-bond donors (Lipinski definition) is 2. The van der Waals surface area contributed by atoms with Crippen molar-refractivity contribution in [3.8, 4) is 0 Å². The average molecular weight is 302 g/mol. The first kappa shape index (κ1) is 16.1. The van der Waals surface area contributed by atoms with Gasteiger partial charge >= 0.3 is 5.97 Å². The lowest BCUT2D eigenvalue weighted by Gasteiger charge is -2.23. The molecule has 0 heterocycles. The largest absolute Gasteiger partial charge is 0.481 e. The van der Waals surface area contributed by atoms with Gasteiger partial charge in [0, 0.05) is 11.6 Å². The molecule has 0 saturated carbocycles. The van der Waals surface area contributed by atoms with E-state index in [2.05, 4.69) is 4.72 Å². The van der Waals surface area contributed by atoms with E-state index < -0.39 is 43.5 Å². The summed E-state index contributed by atoms with van der Waals surface area (Å²) in [5.41, 5.74) is -1.83. The van der Waals surface area contributed by atoms with E-state index in [9.17, 15) is 23.3 Å². The molecule has 0 fully saturated rings. The number of nitrogens with one attached hydrogen (secondary N) is 1. The Bertz CT molecular complexity index is 638. The van der Waals surface area contributed by atoms with E-state index in [1.165, 1.54) is 26.0 Å². The summed E-state index contributed by atoms with van der Waals surface area (Å²) in [6.45, 7) is 2.76. The standard InChI is InChI=1S/C11H14N2O6S/c1-11(2,7-10(14)15)12-20(18,19)9-6-4-3-5-8(9)13(16)17/h3-6,12H,7H2,1-2H3,(H,14,15). The molecular formula is C11H14N2O6S. The highest BCUT2D eigenvalue weighted by Crippen LogP contribution is 2.24. The molecule has 110 valence electrons. The molecule has 2 N–H and O–H groups in total. The summed E-state index contributed by atoms with van der Waals surface area (Å²) < 4.78 is 26.5. The molecule has 0 bridgehead atoms. The van der Waals surface area contributed by atoms with Crippen LogP contribution in [0.1, 0.15) is 20.3 Å². The van der Waals surface area contributed by atoms with Crippen LogP contribution in [0.15, 0.2) is 29.2 Å². The van der Waals surface area contributed by atoms with Gasteiger partial charge in [-0.2, -0.15) is 0 Å². The lowest BCUT2D eigenvalue weighted by molar-refractivity contribution is -0.387. The summed E-state index contributed by atoms with van der Waals surface area (Å²) in [5.74, 6) is -1.18. The van der Waals surface area contributed by atoms with Crippen LogP contribution >= 0.6 is 0 Å². The van der Waals surface area contributed by atoms with Crippen molar-refractivity contribution in [3.05, 3.63) is 34.4 Å². The molecule has 1 rings (SSSR count). The van der Waals surface area contributed by atoms with Gasteiger partial charge in [0.05, 0.1) is 11.3 Å². The van der Waals surface area contributed by atoms with Crippen molar-refractivity contribution in [1.29, 1.82) is 0 Å². The van der Waals surface area contributed by atoms with Crippen molar-refractivity contribution in [1.82, 2.24) is 4.72 Å². The minimum Gasteiger partial charge on any atom is -0.481 e.